The van der Waals surface area contributed by atoms with Gasteiger partial charge in [0.05, 0.1) is 18.3 Å². The average Bonchev–Trinajstić information content (AvgIpc) is 3.19. The molecule has 0 aliphatic rings. The van der Waals surface area contributed by atoms with E-state index in [0.29, 0.717) is 23.2 Å². The fourth-order valence-electron chi connectivity index (χ4n) is 2.73. The van der Waals surface area contributed by atoms with E-state index in [2.05, 4.69) is 20.2 Å². The van der Waals surface area contributed by atoms with E-state index in [1.807, 2.05) is 0 Å². The van der Waals surface area contributed by atoms with Crippen LogP contribution in [0.3, 0.4) is 0 Å². The summed E-state index contributed by atoms with van der Waals surface area (Å²) in [7, 11) is 0. The zero-order valence-corrected chi connectivity index (χ0v) is 14.7. The van der Waals surface area contributed by atoms with Gasteiger partial charge in [-0.25, -0.2) is 14.6 Å². The topological polar surface area (TPSA) is 61.4 Å². The number of alkyl halides is 3. The molecule has 27 heavy (non-hydrogen) atoms. The molecule has 0 aliphatic heterocycles. The normalized spacial score (nSPS) is 12.0. The molecule has 0 aliphatic carbocycles. The van der Waals surface area contributed by atoms with Crippen molar-refractivity contribution in [3.63, 3.8) is 0 Å². The van der Waals surface area contributed by atoms with Gasteiger partial charge < -0.3 is 0 Å². The third-order valence-electron chi connectivity index (χ3n) is 4.03. The van der Waals surface area contributed by atoms with Crippen LogP contribution in [0.25, 0.3) is 16.7 Å². The highest BCUT2D eigenvalue weighted by atomic mass is 35.5. The van der Waals surface area contributed by atoms with Gasteiger partial charge in [0.25, 0.3) is 0 Å². The Kier molecular flexibility index (Phi) is 4.11. The molecule has 138 valence electrons. The molecule has 4 heterocycles. The molecule has 6 nitrogen and oxygen atoms in total. The summed E-state index contributed by atoms with van der Waals surface area (Å²) in [5.74, 6) is 0.310. The van der Waals surface area contributed by atoms with Crippen molar-refractivity contribution < 1.29 is 13.2 Å². The van der Waals surface area contributed by atoms with Gasteiger partial charge in [-0.1, -0.05) is 17.7 Å². The first kappa shape index (κ1) is 17.5. The number of rotatable bonds is 3. The monoisotopic (exact) mass is 392 g/mol. The third-order valence-corrected chi connectivity index (χ3v) is 4.24. The van der Waals surface area contributed by atoms with E-state index in [9.17, 15) is 13.2 Å². The van der Waals surface area contributed by atoms with Crippen LogP contribution in [0.15, 0.2) is 42.9 Å². The zero-order chi connectivity index (χ0) is 19.2. The molecule has 0 spiro atoms. The van der Waals surface area contributed by atoms with Crippen LogP contribution < -0.4 is 0 Å². The maximum atomic E-state index is 12.8. The lowest BCUT2D eigenvalue weighted by Crippen LogP contribution is -2.08. The van der Waals surface area contributed by atoms with Crippen molar-refractivity contribution in [2.75, 3.05) is 0 Å². The Hall–Kier alpha value is -2.94. The Labute approximate surface area is 156 Å². The van der Waals surface area contributed by atoms with Gasteiger partial charge in [-0.05, 0) is 24.6 Å². The Morgan fingerprint density at radius 2 is 1.89 bits per heavy atom. The van der Waals surface area contributed by atoms with Crippen LogP contribution >= 0.6 is 11.6 Å². The molecular weight excluding hydrogens is 381 g/mol. The SMILES string of the molecule is Cc1cc(C(F)(F)F)nn1-c1ccc(Cn2ncc3cnc(Cl)cc32)cn1. The number of aryl methyl sites for hydroxylation is 1. The van der Waals surface area contributed by atoms with Gasteiger partial charge >= 0.3 is 6.18 Å². The highest BCUT2D eigenvalue weighted by Crippen LogP contribution is 2.29. The summed E-state index contributed by atoms with van der Waals surface area (Å²) in [5, 5.41) is 9.13. The Bertz CT molecular complexity index is 1110. The number of nitrogens with zero attached hydrogens (tertiary/aromatic N) is 6. The molecule has 4 aromatic heterocycles. The lowest BCUT2D eigenvalue weighted by Gasteiger charge is -2.07. The predicted octanol–water partition coefficient (Wildman–Crippen LogP) is 4.04. The fourth-order valence-corrected chi connectivity index (χ4v) is 2.88. The summed E-state index contributed by atoms with van der Waals surface area (Å²) in [5.41, 5.74) is 1.07. The fraction of sp³-hybridized carbons (Fsp3) is 0.176. The number of halogens is 4. The van der Waals surface area contributed by atoms with Crippen LogP contribution in [-0.4, -0.2) is 29.5 Å². The molecular formula is C17H12ClF3N6. The van der Waals surface area contributed by atoms with Gasteiger partial charge in [-0.15, -0.1) is 0 Å². The molecule has 0 atom stereocenters. The first-order chi connectivity index (χ1) is 12.8. The summed E-state index contributed by atoms with van der Waals surface area (Å²) >= 11 is 5.93. The van der Waals surface area contributed by atoms with Crippen LogP contribution in [0, 0.1) is 6.92 Å². The number of fused-ring (bicyclic) bond motifs is 1. The Balaban J connectivity index is 1.61. The lowest BCUT2D eigenvalue weighted by atomic mass is 10.2. The van der Waals surface area contributed by atoms with E-state index in [0.717, 1.165) is 22.5 Å². The molecule has 0 fully saturated rings. The van der Waals surface area contributed by atoms with Gasteiger partial charge in [0.15, 0.2) is 11.5 Å². The van der Waals surface area contributed by atoms with Crippen molar-refractivity contribution in [1.82, 2.24) is 29.5 Å². The van der Waals surface area contributed by atoms with E-state index in [4.69, 9.17) is 11.6 Å². The van der Waals surface area contributed by atoms with Crippen molar-refractivity contribution >= 4 is 22.5 Å². The van der Waals surface area contributed by atoms with Gasteiger partial charge in [0, 0.05) is 29.5 Å². The van der Waals surface area contributed by atoms with Crippen LogP contribution in [0.2, 0.25) is 5.15 Å². The molecule has 0 N–H and O–H groups in total. The standard InChI is InChI=1S/C17H12ClF3N6/c1-10-4-14(17(19,20)21)25-27(10)16-3-2-11(6-23-16)9-26-13-5-15(18)22-7-12(13)8-24-26/h2-8H,9H2,1H3. The van der Waals surface area contributed by atoms with E-state index < -0.39 is 11.9 Å². The second-order valence-corrected chi connectivity index (χ2v) is 6.36. The van der Waals surface area contributed by atoms with E-state index in [1.165, 1.54) is 4.68 Å². The first-order valence-corrected chi connectivity index (χ1v) is 8.25. The largest absolute Gasteiger partial charge is 0.435 e. The molecule has 4 rings (SSSR count). The van der Waals surface area contributed by atoms with Crippen molar-refractivity contribution in [2.45, 2.75) is 19.6 Å². The summed E-state index contributed by atoms with van der Waals surface area (Å²) in [6.45, 7) is 1.98. The average molecular weight is 393 g/mol. The predicted molar refractivity (Wildman–Crippen MR) is 92.7 cm³/mol. The molecule has 0 saturated heterocycles. The maximum absolute atomic E-state index is 12.8. The molecule has 0 radical (unpaired) electrons. The minimum Gasteiger partial charge on any atom is -0.260 e. The van der Waals surface area contributed by atoms with Crippen molar-refractivity contribution in [3.05, 3.63) is 65.0 Å². The van der Waals surface area contributed by atoms with E-state index >= 15 is 0 Å². The summed E-state index contributed by atoms with van der Waals surface area (Å²) in [6.07, 6.45) is 0.417. The van der Waals surface area contributed by atoms with Gasteiger partial charge in [-0.2, -0.15) is 23.4 Å². The first-order valence-electron chi connectivity index (χ1n) is 7.87. The number of aromatic nitrogens is 6. The number of hydrogen-bond donors (Lipinski definition) is 0. The van der Waals surface area contributed by atoms with Crippen molar-refractivity contribution in [1.29, 1.82) is 0 Å². The van der Waals surface area contributed by atoms with E-state index in [1.54, 1.807) is 48.4 Å². The molecule has 10 heteroatoms. The second-order valence-electron chi connectivity index (χ2n) is 5.97. The lowest BCUT2D eigenvalue weighted by molar-refractivity contribution is -0.141. The van der Waals surface area contributed by atoms with Gasteiger partial charge in [-0.3, -0.25) is 4.68 Å². The minimum absolute atomic E-state index is 0.310. The second kappa shape index (κ2) is 6.34. The smallest absolute Gasteiger partial charge is 0.260 e. The highest BCUT2D eigenvalue weighted by molar-refractivity contribution is 6.29. The minimum atomic E-state index is -4.49. The molecule has 0 unspecified atom stereocenters. The van der Waals surface area contributed by atoms with Crippen LogP contribution in [0.1, 0.15) is 17.0 Å². The molecule has 0 saturated carbocycles. The third kappa shape index (κ3) is 3.37. The van der Waals surface area contributed by atoms with Crippen LogP contribution in [0.5, 0.6) is 0 Å². The Morgan fingerprint density at radius 3 is 2.56 bits per heavy atom. The van der Waals surface area contributed by atoms with Crippen molar-refractivity contribution in [3.8, 4) is 5.82 Å². The summed E-state index contributed by atoms with van der Waals surface area (Å²) in [4.78, 5) is 8.25. The zero-order valence-electron chi connectivity index (χ0n) is 13.9. The van der Waals surface area contributed by atoms with E-state index in [-0.39, 0.29) is 0 Å². The highest BCUT2D eigenvalue weighted by Gasteiger charge is 2.34. The van der Waals surface area contributed by atoms with Crippen LogP contribution in [0.4, 0.5) is 13.2 Å². The Morgan fingerprint density at radius 1 is 1.07 bits per heavy atom. The summed E-state index contributed by atoms with van der Waals surface area (Å²) < 4.78 is 41.3. The maximum Gasteiger partial charge on any atom is 0.435 e. The molecule has 0 bridgehead atoms. The quantitative estimate of drug-likeness (QED) is 0.494. The molecule has 0 aromatic carbocycles. The molecule has 0 amide bonds. The van der Waals surface area contributed by atoms with Crippen LogP contribution in [-0.2, 0) is 12.7 Å². The summed E-state index contributed by atoms with van der Waals surface area (Å²) in [6, 6.07) is 6.10. The number of hydrogen-bond acceptors (Lipinski definition) is 4. The van der Waals surface area contributed by atoms with Gasteiger partial charge in [0.2, 0.25) is 0 Å². The van der Waals surface area contributed by atoms with Crippen molar-refractivity contribution in [2.24, 2.45) is 0 Å². The number of pyridine rings is 2. The molecule has 4 aromatic rings. The van der Waals surface area contributed by atoms with Gasteiger partial charge in [0.1, 0.15) is 5.15 Å².